The number of hydrogen-bond donors (Lipinski definition) is 0. The molecule has 0 bridgehead atoms. The Bertz CT molecular complexity index is 902. The van der Waals surface area contributed by atoms with Crippen LogP contribution in [0.4, 0.5) is 4.39 Å². The van der Waals surface area contributed by atoms with Gasteiger partial charge in [-0.15, -0.1) is 8.46 Å². The molecule has 3 heteroatoms. The van der Waals surface area contributed by atoms with Crippen molar-refractivity contribution in [2.75, 3.05) is 0 Å². The number of hydrogen-bond acceptors (Lipinski definition) is 0. The first-order valence-corrected chi connectivity index (χ1v) is 13.4. The topological polar surface area (TPSA) is 0 Å². The molecule has 0 aliphatic heterocycles. The predicted octanol–water partition coefficient (Wildman–Crippen LogP) is 9.01. The molecule has 0 N–H and O–H groups in total. The summed E-state index contributed by atoms with van der Waals surface area (Å²) in [7, 11) is -1.67. The van der Waals surface area contributed by atoms with E-state index in [1.807, 2.05) is 12.1 Å². The minimum atomic E-state index is -1.67. The van der Waals surface area contributed by atoms with Crippen LogP contribution in [0, 0.1) is 5.82 Å². The van der Waals surface area contributed by atoms with Crippen LogP contribution < -0.4 is 0 Å². The predicted molar refractivity (Wildman–Crippen MR) is 128 cm³/mol. The summed E-state index contributed by atoms with van der Waals surface area (Å²) in [4.78, 5) is 3.51. The minimum absolute atomic E-state index is 0.104. The van der Waals surface area contributed by atoms with Crippen molar-refractivity contribution < 1.29 is 4.39 Å². The highest BCUT2D eigenvalue weighted by atomic mass is 79.9. The first-order valence-electron chi connectivity index (χ1n) is 9.92. The van der Waals surface area contributed by atoms with Gasteiger partial charge in [-0.25, -0.2) is 4.39 Å². The molecule has 0 aromatic heterocycles. The Morgan fingerprint density at radius 2 is 0.828 bits per heavy atom. The Morgan fingerprint density at radius 1 is 0.552 bits per heavy atom. The lowest BCUT2D eigenvalue weighted by atomic mass is 9.87. The quantitative estimate of drug-likeness (QED) is 0.356. The fourth-order valence-corrected chi connectivity index (χ4v) is 7.61. The third-order valence-electron chi connectivity index (χ3n) is 5.23. The zero-order valence-corrected chi connectivity index (χ0v) is 20.5. The summed E-state index contributed by atoms with van der Waals surface area (Å²) in [5.41, 5.74) is 2.82. The molecule has 3 aromatic carbocycles. The Morgan fingerprint density at radius 3 is 1.10 bits per heavy atom. The van der Waals surface area contributed by atoms with Crippen LogP contribution in [-0.2, 0) is 10.8 Å². The maximum Gasteiger partial charge on any atom is 0.123 e. The molecule has 0 aliphatic carbocycles. The molecule has 3 rings (SSSR count). The van der Waals surface area contributed by atoms with Crippen LogP contribution in [0.2, 0.25) is 0 Å². The van der Waals surface area contributed by atoms with Crippen LogP contribution in [0.15, 0.2) is 87.5 Å². The molecule has 0 nitrogen and oxygen atoms in total. The van der Waals surface area contributed by atoms with Crippen LogP contribution in [0.1, 0.15) is 52.7 Å². The third kappa shape index (κ3) is 4.62. The second-order valence-corrected chi connectivity index (χ2v) is 14.9. The summed E-state index contributed by atoms with van der Waals surface area (Å²) < 4.78 is 13.6. The van der Waals surface area contributed by atoms with Gasteiger partial charge in [-0.2, -0.15) is 0 Å². The largest absolute Gasteiger partial charge is 0.207 e. The van der Waals surface area contributed by atoms with Gasteiger partial charge in [0.2, 0.25) is 0 Å². The summed E-state index contributed by atoms with van der Waals surface area (Å²) in [6, 6.07) is 24.6. The monoisotopic (exact) mass is 472 g/mol. The third-order valence-corrected chi connectivity index (χ3v) is 11.4. The van der Waals surface area contributed by atoms with E-state index in [2.05, 4.69) is 105 Å². The van der Waals surface area contributed by atoms with E-state index in [4.69, 9.17) is 0 Å². The van der Waals surface area contributed by atoms with Gasteiger partial charge >= 0.3 is 0 Å². The van der Waals surface area contributed by atoms with Gasteiger partial charge in [-0.3, -0.25) is 0 Å². The lowest BCUT2D eigenvalue weighted by Gasteiger charge is -2.36. The van der Waals surface area contributed by atoms with E-state index in [0.29, 0.717) is 0 Å². The van der Waals surface area contributed by atoms with Gasteiger partial charge in [0, 0.05) is 14.7 Å². The van der Waals surface area contributed by atoms with E-state index in [0.717, 1.165) is 4.90 Å². The van der Waals surface area contributed by atoms with Gasteiger partial charge < -0.3 is 0 Å². The van der Waals surface area contributed by atoms with E-state index in [-0.39, 0.29) is 16.6 Å². The van der Waals surface area contributed by atoms with Crippen LogP contribution >= 0.6 is 23.3 Å². The molecule has 0 fully saturated rings. The first-order chi connectivity index (χ1) is 13.4. The van der Waals surface area contributed by atoms with E-state index in [1.54, 1.807) is 12.1 Å². The van der Waals surface area contributed by atoms with E-state index < -0.39 is 8.46 Å². The second-order valence-electron chi connectivity index (χ2n) is 9.54. The summed E-state index contributed by atoms with van der Waals surface area (Å²) in [5.74, 6) is -0.214. The van der Waals surface area contributed by atoms with Crippen molar-refractivity contribution in [2.45, 2.75) is 67.1 Å². The molecule has 0 spiro atoms. The van der Waals surface area contributed by atoms with E-state index in [1.165, 1.54) is 20.9 Å². The molecule has 0 saturated heterocycles. The van der Waals surface area contributed by atoms with Gasteiger partial charge in [-0.1, -0.05) is 65.8 Å². The van der Waals surface area contributed by atoms with E-state index >= 15 is 0 Å². The molecule has 29 heavy (non-hydrogen) atoms. The zero-order valence-electron chi connectivity index (χ0n) is 18.1. The fraction of sp³-hybridized carbons (Fsp3) is 0.308. The molecular weight excluding hydrogens is 443 g/mol. The molecule has 0 radical (unpaired) electrons. The highest BCUT2D eigenvalue weighted by Crippen LogP contribution is 2.74. The van der Waals surface area contributed by atoms with Crippen LogP contribution in [0.5, 0.6) is 0 Å². The summed E-state index contributed by atoms with van der Waals surface area (Å²) in [6.45, 7) is 13.3. The Kier molecular flexibility index (Phi) is 6.04. The highest BCUT2D eigenvalue weighted by molar-refractivity contribution is 9.58. The maximum absolute atomic E-state index is 13.6. The standard InChI is InChI=1S/C26H30BrFS/c1-25(2,3)19-7-13-22(14-8-19)29(27,24-17-11-21(28)12-18-24)23-15-9-20(10-16-23)26(4,5)6/h7-18H,1-6H3. The molecular formula is C26H30BrFS. The van der Waals surface area contributed by atoms with Gasteiger partial charge in [0.15, 0.2) is 0 Å². The molecule has 154 valence electrons. The smallest absolute Gasteiger partial charge is 0.123 e. The summed E-state index contributed by atoms with van der Waals surface area (Å²) in [6.07, 6.45) is 0. The molecule has 0 amide bonds. The van der Waals surface area contributed by atoms with Crippen molar-refractivity contribution in [2.24, 2.45) is 0 Å². The van der Waals surface area contributed by atoms with Crippen LogP contribution in [0.25, 0.3) is 0 Å². The van der Waals surface area contributed by atoms with Crippen molar-refractivity contribution in [1.82, 2.24) is 0 Å². The van der Waals surface area contributed by atoms with Crippen LogP contribution in [0.3, 0.4) is 0 Å². The molecule has 3 aromatic rings. The van der Waals surface area contributed by atoms with Crippen molar-refractivity contribution in [3.8, 4) is 0 Å². The van der Waals surface area contributed by atoms with Crippen LogP contribution in [-0.4, -0.2) is 0 Å². The van der Waals surface area contributed by atoms with Crippen molar-refractivity contribution in [3.05, 3.63) is 89.7 Å². The Labute approximate surface area is 184 Å². The van der Waals surface area contributed by atoms with E-state index in [9.17, 15) is 4.39 Å². The Hall–Kier alpha value is -1.58. The Balaban J connectivity index is 2.16. The van der Waals surface area contributed by atoms with Crippen molar-refractivity contribution in [3.63, 3.8) is 0 Å². The fourth-order valence-electron chi connectivity index (χ4n) is 3.32. The molecule has 0 heterocycles. The zero-order chi connectivity index (χ0) is 21.4. The highest BCUT2D eigenvalue weighted by Gasteiger charge is 2.29. The average molecular weight is 473 g/mol. The normalized spacial score (nSPS) is 13.4. The first kappa shape index (κ1) is 22.1. The average Bonchev–Trinajstić information content (AvgIpc) is 2.67. The maximum atomic E-state index is 13.6. The lowest BCUT2D eigenvalue weighted by Crippen LogP contribution is -2.11. The molecule has 0 unspecified atom stereocenters. The molecule has 0 aliphatic rings. The van der Waals surface area contributed by atoms with Gasteiger partial charge in [0.05, 0.1) is 0 Å². The number of benzene rings is 3. The molecule has 0 atom stereocenters. The second kappa shape index (κ2) is 7.92. The molecule has 0 saturated carbocycles. The SMILES string of the molecule is CC(C)(C)c1ccc(S(Br)(c2ccc(F)cc2)c2ccc(C(C)(C)C)cc2)cc1. The summed E-state index contributed by atoms with van der Waals surface area (Å²) in [5, 5.41) is 0. The summed E-state index contributed by atoms with van der Waals surface area (Å²) >= 11 is 4.15. The van der Waals surface area contributed by atoms with Gasteiger partial charge in [-0.05, 0) is 85.3 Å². The van der Waals surface area contributed by atoms with Gasteiger partial charge in [0.25, 0.3) is 0 Å². The number of halogens is 2. The number of rotatable bonds is 3. The van der Waals surface area contributed by atoms with Gasteiger partial charge in [0.1, 0.15) is 5.82 Å². The van der Waals surface area contributed by atoms with Crippen molar-refractivity contribution in [1.29, 1.82) is 0 Å². The van der Waals surface area contributed by atoms with Crippen molar-refractivity contribution >= 4 is 23.3 Å². The minimum Gasteiger partial charge on any atom is -0.207 e. The lowest BCUT2D eigenvalue weighted by molar-refractivity contribution is 0.589.